The molecular formula is C21H27NO2. The van der Waals surface area contributed by atoms with Gasteiger partial charge in [-0.1, -0.05) is 6.42 Å². The first-order chi connectivity index (χ1) is 11.5. The lowest BCUT2D eigenvalue weighted by Gasteiger charge is -2.28. The molecule has 0 radical (unpaired) electrons. The van der Waals surface area contributed by atoms with Crippen molar-refractivity contribution >= 4 is 16.9 Å². The van der Waals surface area contributed by atoms with E-state index in [0.29, 0.717) is 12.3 Å². The number of hydrogen-bond donors (Lipinski definition) is 1. The highest BCUT2D eigenvalue weighted by Crippen LogP contribution is 2.49. The molecule has 24 heavy (non-hydrogen) atoms. The molecule has 0 aliphatic heterocycles. The summed E-state index contributed by atoms with van der Waals surface area (Å²) in [6, 6.07) is 4.48. The van der Waals surface area contributed by atoms with Crippen molar-refractivity contribution < 1.29 is 9.21 Å². The van der Waals surface area contributed by atoms with Crippen LogP contribution in [0.25, 0.3) is 11.0 Å². The SMILES string of the molecule is Cc1cc2occ(CC(=O)NC(C)C3CC4CCC3C4)c2cc1C. The Hall–Kier alpha value is -1.77. The monoisotopic (exact) mass is 325 g/mol. The largest absolute Gasteiger partial charge is 0.464 e. The number of hydrogen-bond acceptors (Lipinski definition) is 2. The Labute approximate surface area is 143 Å². The van der Waals surface area contributed by atoms with Gasteiger partial charge in [-0.05, 0) is 81.0 Å². The summed E-state index contributed by atoms with van der Waals surface area (Å²) in [5.41, 5.74) is 4.33. The first-order valence-corrected chi connectivity index (χ1v) is 9.28. The van der Waals surface area contributed by atoms with E-state index in [2.05, 4.69) is 38.2 Å². The van der Waals surface area contributed by atoms with Crippen molar-refractivity contribution in [3.63, 3.8) is 0 Å². The van der Waals surface area contributed by atoms with Gasteiger partial charge in [-0.3, -0.25) is 4.79 Å². The Kier molecular flexibility index (Phi) is 3.90. The molecule has 2 saturated carbocycles. The highest BCUT2D eigenvalue weighted by molar-refractivity contribution is 5.88. The van der Waals surface area contributed by atoms with Gasteiger partial charge in [0.05, 0.1) is 12.7 Å². The van der Waals surface area contributed by atoms with Crippen molar-refractivity contribution in [3.05, 3.63) is 35.1 Å². The summed E-state index contributed by atoms with van der Waals surface area (Å²) in [5.74, 6) is 2.55. The number of carbonyl (C=O) groups is 1. The van der Waals surface area contributed by atoms with Crippen molar-refractivity contribution in [2.75, 3.05) is 0 Å². The number of carbonyl (C=O) groups excluding carboxylic acids is 1. The molecule has 128 valence electrons. The minimum atomic E-state index is 0.117. The normalized spacial score (nSPS) is 26.9. The lowest BCUT2D eigenvalue weighted by atomic mass is 9.84. The minimum Gasteiger partial charge on any atom is -0.464 e. The fourth-order valence-corrected chi connectivity index (χ4v) is 4.96. The third-order valence-electron chi connectivity index (χ3n) is 6.44. The first kappa shape index (κ1) is 15.7. The Morgan fingerprint density at radius 1 is 1.25 bits per heavy atom. The fourth-order valence-electron chi connectivity index (χ4n) is 4.96. The van der Waals surface area contributed by atoms with E-state index in [1.54, 1.807) is 6.26 Å². The molecule has 2 aliphatic carbocycles. The lowest BCUT2D eigenvalue weighted by Crippen LogP contribution is -2.40. The van der Waals surface area contributed by atoms with E-state index in [0.717, 1.165) is 28.4 Å². The number of fused-ring (bicyclic) bond motifs is 3. The third-order valence-corrected chi connectivity index (χ3v) is 6.44. The van der Waals surface area contributed by atoms with E-state index in [-0.39, 0.29) is 11.9 Å². The van der Waals surface area contributed by atoms with Crippen LogP contribution in [0.15, 0.2) is 22.8 Å². The van der Waals surface area contributed by atoms with Gasteiger partial charge in [0.25, 0.3) is 0 Å². The molecule has 2 fully saturated rings. The summed E-state index contributed by atoms with van der Waals surface area (Å²) >= 11 is 0. The summed E-state index contributed by atoms with van der Waals surface area (Å²) in [4.78, 5) is 12.5. The topological polar surface area (TPSA) is 42.2 Å². The quantitative estimate of drug-likeness (QED) is 0.897. The third kappa shape index (κ3) is 2.74. The van der Waals surface area contributed by atoms with Gasteiger partial charge in [0, 0.05) is 17.0 Å². The summed E-state index contributed by atoms with van der Waals surface area (Å²) in [7, 11) is 0. The van der Waals surface area contributed by atoms with Crippen molar-refractivity contribution in [2.24, 2.45) is 17.8 Å². The van der Waals surface area contributed by atoms with Gasteiger partial charge in [-0.25, -0.2) is 0 Å². The van der Waals surface area contributed by atoms with Crippen LogP contribution in [0.3, 0.4) is 0 Å². The second-order valence-corrected chi connectivity index (χ2v) is 8.07. The van der Waals surface area contributed by atoms with Crippen LogP contribution >= 0.6 is 0 Å². The van der Waals surface area contributed by atoms with Gasteiger partial charge in [-0.15, -0.1) is 0 Å². The van der Waals surface area contributed by atoms with Crippen molar-refractivity contribution in [1.29, 1.82) is 0 Å². The molecule has 4 unspecified atom stereocenters. The average molecular weight is 325 g/mol. The van der Waals surface area contributed by atoms with E-state index in [1.165, 1.54) is 36.8 Å². The molecule has 1 heterocycles. The molecule has 2 bridgehead atoms. The Morgan fingerprint density at radius 2 is 2.04 bits per heavy atom. The van der Waals surface area contributed by atoms with Crippen LogP contribution < -0.4 is 5.32 Å². The highest BCUT2D eigenvalue weighted by atomic mass is 16.3. The standard InChI is InChI=1S/C21H27NO2/c1-12-6-19-17(11-24-20(19)7-13(12)2)10-21(23)22-14(3)18-9-15-4-5-16(18)8-15/h6-7,11,14-16,18H,4-5,8-10H2,1-3H3,(H,22,23). The smallest absolute Gasteiger partial charge is 0.224 e. The zero-order valence-corrected chi connectivity index (χ0v) is 14.9. The second-order valence-electron chi connectivity index (χ2n) is 8.07. The van der Waals surface area contributed by atoms with Crippen molar-refractivity contribution in [1.82, 2.24) is 5.32 Å². The van der Waals surface area contributed by atoms with Crippen LogP contribution in [0.1, 0.15) is 49.3 Å². The molecule has 1 N–H and O–H groups in total. The predicted octanol–water partition coefficient (Wildman–Crippen LogP) is 4.53. The van der Waals surface area contributed by atoms with Gasteiger partial charge < -0.3 is 9.73 Å². The van der Waals surface area contributed by atoms with Gasteiger partial charge in [0.1, 0.15) is 5.58 Å². The molecular weight excluding hydrogens is 298 g/mol. The maximum atomic E-state index is 12.5. The minimum absolute atomic E-state index is 0.117. The van der Waals surface area contributed by atoms with Gasteiger partial charge >= 0.3 is 0 Å². The summed E-state index contributed by atoms with van der Waals surface area (Å²) < 4.78 is 5.65. The zero-order chi connectivity index (χ0) is 16.8. The first-order valence-electron chi connectivity index (χ1n) is 9.28. The summed E-state index contributed by atoms with van der Waals surface area (Å²) in [6.07, 6.45) is 7.60. The number of benzene rings is 1. The molecule has 1 aromatic heterocycles. The molecule has 3 heteroatoms. The average Bonchev–Trinajstić information content (AvgIpc) is 3.25. The van der Waals surface area contributed by atoms with Gasteiger partial charge in [-0.2, -0.15) is 0 Å². The molecule has 4 atom stereocenters. The van der Waals surface area contributed by atoms with Crippen molar-refractivity contribution in [2.45, 2.75) is 58.9 Å². The summed E-state index contributed by atoms with van der Waals surface area (Å²) in [5, 5.41) is 4.33. The fraction of sp³-hybridized carbons (Fsp3) is 0.571. The Balaban J connectivity index is 1.43. The number of furan rings is 1. The van der Waals surface area contributed by atoms with E-state index in [4.69, 9.17) is 4.42 Å². The van der Waals surface area contributed by atoms with Crippen LogP contribution in [-0.2, 0) is 11.2 Å². The highest BCUT2D eigenvalue weighted by Gasteiger charge is 2.42. The van der Waals surface area contributed by atoms with E-state index < -0.39 is 0 Å². The van der Waals surface area contributed by atoms with Crippen molar-refractivity contribution in [3.8, 4) is 0 Å². The number of aryl methyl sites for hydroxylation is 2. The number of amides is 1. The zero-order valence-electron chi connectivity index (χ0n) is 14.9. The molecule has 2 aromatic rings. The molecule has 4 rings (SSSR count). The summed E-state index contributed by atoms with van der Waals surface area (Å²) in [6.45, 7) is 6.37. The van der Waals surface area contributed by atoms with E-state index >= 15 is 0 Å². The maximum Gasteiger partial charge on any atom is 0.224 e. The van der Waals surface area contributed by atoms with Crippen LogP contribution in [0.2, 0.25) is 0 Å². The second kappa shape index (κ2) is 5.94. The predicted molar refractivity (Wildman–Crippen MR) is 95.9 cm³/mol. The van der Waals surface area contributed by atoms with Gasteiger partial charge in [0.15, 0.2) is 0 Å². The Morgan fingerprint density at radius 3 is 2.75 bits per heavy atom. The van der Waals surface area contributed by atoms with Gasteiger partial charge in [0.2, 0.25) is 5.91 Å². The molecule has 3 nitrogen and oxygen atoms in total. The van der Waals surface area contributed by atoms with Crippen LogP contribution in [0.4, 0.5) is 0 Å². The Bertz CT molecular complexity index is 775. The molecule has 1 amide bonds. The molecule has 0 spiro atoms. The molecule has 2 aliphatic rings. The van der Waals surface area contributed by atoms with E-state index in [1.807, 2.05) is 0 Å². The van der Waals surface area contributed by atoms with Crippen LogP contribution in [-0.4, -0.2) is 11.9 Å². The lowest BCUT2D eigenvalue weighted by molar-refractivity contribution is -0.121. The van der Waals surface area contributed by atoms with E-state index in [9.17, 15) is 4.79 Å². The number of nitrogens with one attached hydrogen (secondary N) is 1. The van der Waals surface area contributed by atoms with Crippen LogP contribution in [0, 0.1) is 31.6 Å². The maximum absolute atomic E-state index is 12.5. The molecule has 0 saturated heterocycles. The molecule has 1 aromatic carbocycles. The van der Waals surface area contributed by atoms with Crippen LogP contribution in [0.5, 0.6) is 0 Å². The number of rotatable bonds is 4.